The van der Waals surface area contributed by atoms with Crippen LogP contribution in [-0.4, -0.2) is 23.2 Å². The third-order valence-corrected chi connectivity index (χ3v) is 2.35. The predicted molar refractivity (Wildman–Crippen MR) is 57.4 cm³/mol. The Balaban J connectivity index is 2.81. The van der Waals surface area contributed by atoms with Gasteiger partial charge in [-0.2, -0.15) is 0 Å². The van der Waals surface area contributed by atoms with Gasteiger partial charge in [0, 0.05) is 24.4 Å². The molecule has 3 nitrogen and oxygen atoms in total. The van der Waals surface area contributed by atoms with Crippen molar-refractivity contribution in [3.63, 3.8) is 0 Å². The van der Waals surface area contributed by atoms with Crippen molar-refractivity contribution in [3.8, 4) is 0 Å². The second-order valence-electron chi connectivity index (χ2n) is 3.01. The average molecular weight is 215 g/mol. The van der Waals surface area contributed by atoms with Crippen LogP contribution < -0.4 is 5.32 Å². The van der Waals surface area contributed by atoms with E-state index in [4.69, 9.17) is 16.7 Å². The molecule has 0 amide bonds. The molecule has 1 heterocycles. The number of pyridine rings is 1. The first kappa shape index (κ1) is 11.4. The molecule has 0 aromatic carbocycles. The summed E-state index contributed by atoms with van der Waals surface area (Å²) in [6.07, 6.45) is 2.31. The number of nitrogens with zero attached hydrogens (tertiary/aromatic N) is 1. The summed E-state index contributed by atoms with van der Waals surface area (Å²) in [4.78, 5) is 4.01. The lowest BCUT2D eigenvalue weighted by Crippen LogP contribution is -2.22. The smallest absolute Gasteiger partial charge is 0.133 e. The van der Waals surface area contributed by atoms with Crippen LogP contribution in [0.1, 0.15) is 24.9 Å². The summed E-state index contributed by atoms with van der Waals surface area (Å²) >= 11 is 5.96. The number of aromatic nitrogens is 1. The molecule has 1 aromatic heterocycles. The molecule has 0 bridgehead atoms. The van der Waals surface area contributed by atoms with Crippen molar-refractivity contribution in [2.45, 2.75) is 19.4 Å². The van der Waals surface area contributed by atoms with Crippen molar-refractivity contribution in [2.24, 2.45) is 0 Å². The highest BCUT2D eigenvalue weighted by atomic mass is 35.5. The highest BCUT2D eigenvalue weighted by Crippen LogP contribution is 2.22. The van der Waals surface area contributed by atoms with Crippen LogP contribution in [-0.2, 0) is 0 Å². The maximum absolute atomic E-state index is 8.91. The van der Waals surface area contributed by atoms with Gasteiger partial charge in [-0.1, -0.05) is 24.6 Å². The van der Waals surface area contributed by atoms with E-state index in [0.717, 1.165) is 12.1 Å². The van der Waals surface area contributed by atoms with Crippen molar-refractivity contribution in [1.29, 1.82) is 0 Å². The minimum Gasteiger partial charge on any atom is -0.396 e. The lowest BCUT2D eigenvalue weighted by Gasteiger charge is -2.17. The Hall–Kier alpha value is -0.640. The first-order chi connectivity index (χ1) is 6.79. The molecule has 0 saturated heterocycles. The summed E-state index contributed by atoms with van der Waals surface area (Å²) in [7, 11) is 0. The second-order valence-corrected chi connectivity index (χ2v) is 3.36. The van der Waals surface area contributed by atoms with Crippen LogP contribution in [0, 0.1) is 0 Å². The molecule has 1 atom stereocenters. The number of hydrogen-bond acceptors (Lipinski definition) is 3. The zero-order valence-electron chi connectivity index (χ0n) is 8.20. The van der Waals surface area contributed by atoms with Gasteiger partial charge in [-0.25, -0.2) is 4.98 Å². The van der Waals surface area contributed by atoms with Gasteiger partial charge in [0.05, 0.1) is 0 Å². The monoisotopic (exact) mass is 214 g/mol. The predicted octanol–water partition coefficient (Wildman–Crippen LogP) is 1.77. The van der Waals surface area contributed by atoms with E-state index in [1.807, 2.05) is 19.1 Å². The van der Waals surface area contributed by atoms with Gasteiger partial charge in [0.25, 0.3) is 0 Å². The van der Waals surface area contributed by atoms with Crippen LogP contribution in [0.4, 0.5) is 0 Å². The summed E-state index contributed by atoms with van der Waals surface area (Å²) < 4.78 is 0. The Morgan fingerprint density at radius 1 is 1.64 bits per heavy atom. The fourth-order valence-corrected chi connectivity index (χ4v) is 1.65. The van der Waals surface area contributed by atoms with E-state index >= 15 is 0 Å². The largest absolute Gasteiger partial charge is 0.396 e. The maximum atomic E-state index is 8.91. The van der Waals surface area contributed by atoms with E-state index in [0.29, 0.717) is 11.6 Å². The molecule has 1 aromatic rings. The molecule has 1 rings (SSSR count). The van der Waals surface area contributed by atoms with Gasteiger partial charge in [0.1, 0.15) is 5.15 Å². The highest BCUT2D eigenvalue weighted by Gasteiger charge is 2.12. The third kappa shape index (κ3) is 2.94. The van der Waals surface area contributed by atoms with Crippen LogP contribution in [0.25, 0.3) is 0 Å². The molecular weight excluding hydrogens is 200 g/mol. The average Bonchev–Trinajstić information content (AvgIpc) is 2.18. The Kier molecular flexibility index (Phi) is 4.87. The van der Waals surface area contributed by atoms with E-state index in [-0.39, 0.29) is 12.6 Å². The van der Waals surface area contributed by atoms with Crippen molar-refractivity contribution in [2.75, 3.05) is 13.2 Å². The molecule has 14 heavy (non-hydrogen) atoms. The van der Waals surface area contributed by atoms with Crippen LogP contribution >= 0.6 is 11.6 Å². The summed E-state index contributed by atoms with van der Waals surface area (Å²) in [6, 6.07) is 3.87. The maximum Gasteiger partial charge on any atom is 0.133 e. The number of aliphatic hydroxyl groups excluding tert-OH is 1. The second kappa shape index (κ2) is 5.96. The van der Waals surface area contributed by atoms with Gasteiger partial charge in [0.2, 0.25) is 0 Å². The van der Waals surface area contributed by atoms with Crippen LogP contribution in [0.15, 0.2) is 18.3 Å². The zero-order chi connectivity index (χ0) is 10.4. The fourth-order valence-electron chi connectivity index (χ4n) is 1.40. The lowest BCUT2D eigenvalue weighted by molar-refractivity contribution is 0.266. The van der Waals surface area contributed by atoms with E-state index < -0.39 is 0 Å². The lowest BCUT2D eigenvalue weighted by atomic mass is 10.1. The fraction of sp³-hybridized carbons (Fsp3) is 0.500. The molecule has 0 saturated carbocycles. The SMILES string of the molecule is CCN[C@H](CCO)c1cccnc1Cl. The summed E-state index contributed by atoms with van der Waals surface area (Å²) in [6.45, 7) is 3.01. The molecule has 0 radical (unpaired) electrons. The van der Waals surface area contributed by atoms with Gasteiger partial charge in [-0.15, -0.1) is 0 Å². The van der Waals surface area contributed by atoms with E-state index in [1.165, 1.54) is 0 Å². The van der Waals surface area contributed by atoms with Crippen LogP contribution in [0.3, 0.4) is 0 Å². The molecule has 4 heteroatoms. The van der Waals surface area contributed by atoms with Crippen LogP contribution in [0.2, 0.25) is 5.15 Å². The number of nitrogens with one attached hydrogen (secondary N) is 1. The topological polar surface area (TPSA) is 45.1 Å². The minimum atomic E-state index is 0.0891. The molecule has 0 aliphatic carbocycles. The molecule has 2 N–H and O–H groups in total. The summed E-state index contributed by atoms with van der Waals surface area (Å²) in [5.41, 5.74) is 0.949. The Morgan fingerprint density at radius 2 is 2.43 bits per heavy atom. The Morgan fingerprint density at radius 3 is 3.00 bits per heavy atom. The summed E-state index contributed by atoms with van der Waals surface area (Å²) in [5.74, 6) is 0. The van der Waals surface area contributed by atoms with Gasteiger partial charge >= 0.3 is 0 Å². The third-order valence-electron chi connectivity index (χ3n) is 2.03. The van der Waals surface area contributed by atoms with Crippen LogP contribution in [0.5, 0.6) is 0 Å². The van der Waals surface area contributed by atoms with Gasteiger partial charge in [-0.3, -0.25) is 0 Å². The number of rotatable bonds is 5. The normalized spacial score (nSPS) is 12.8. The van der Waals surface area contributed by atoms with E-state index in [9.17, 15) is 0 Å². The van der Waals surface area contributed by atoms with Gasteiger partial charge in [-0.05, 0) is 19.0 Å². The number of aliphatic hydroxyl groups is 1. The first-order valence-corrected chi connectivity index (χ1v) is 5.12. The number of hydrogen-bond donors (Lipinski definition) is 2. The minimum absolute atomic E-state index is 0.0891. The van der Waals surface area contributed by atoms with Gasteiger partial charge in [0.15, 0.2) is 0 Å². The Labute approximate surface area is 89.1 Å². The quantitative estimate of drug-likeness (QED) is 0.735. The first-order valence-electron chi connectivity index (χ1n) is 4.74. The summed E-state index contributed by atoms with van der Waals surface area (Å²) in [5, 5.41) is 12.7. The molecule has 0 fully saturated rings. The van der Waals surface area contributed by atoms with E-state index in [1.54, 1.807) is 6.20 Å². The molecular formula is C10H15ClN2O. The Bertz CT molecular complexity index is 275. The van der Waals surface area contributed by atoms with E-state index in [2.05, 4.69) is 10.3 Å². The van der Waals surface area contributed by atoms with Gasteiger partial charge < -0.3 is 10.4 Å². The molecule has 0 aliphatic rings. The van der Waals surface area contributed by atoms with Crippen molar-refractivity contribution < 1.29 is 5.11 Å². The molecule has 78 valence electrons. The highest BCUT2D eigenvalue weighted by molar-refractivity contribution is 6.30. The van der Waals surface area contributed by atoms with Crippen molar-refractivity contribution in [1.82, 2.24) is 10.3 Å². The standard InChI is InChI=1S/C10H15ClN2O/c1-2-12-9(5-7-14)8-4-3-6-13-10(8)11/h3-4,6,9,12,14H,2,5,7H2,1H3/t9-/m1/s1. The molecule has 0 aliphatic heterocycles. The number of halogens is 1. The molecule has 0 spiro atoms. The zero-order valence-corrected chi connectivity index (χ0v) is 8.96. The van der Waals surface area contributed by atoms with Crippen molar-refractivity contribution >= 4 is 11.6 Å². The molecule has 0 unspecified atom stereocenters. The van der Waals surface area contributed by atoms with Crippen molar-refractivity contribution in [3.05, 3.63) is 29.0 Å².